The summed E-state index contributed by atoms with van der Waals surface area (Å²) >= 11 is 0. The van der Waals surface area contributed by atoms with Crippen molar-refractivity contribution in [2.75, 3.05) is 0 Å². The second kappa shape index (κ2) is 8.17. The Morgan fingerprint density at radius 3 is 1.93 bits per heavy atom. The van der Waals surface area contributed by atoms with Crippen LogP contribution in [0, 0.1) is 26.7 Å². The predicted molar refractivity (Wildman–Crippen MR) is 103 cm³/mol. The number of hydrogen-bond acceptors (Lipinski definition) is 5. The highest BCUT2D eigenvalue weighted by Gasteiger charge is 2.41. The van der Waals surface area contributed by atoms with Crippen molar-refractivity contribution in [3.8, 4) is 0 Å². The second-order valence-corrected chi connectivity index (χ2v) is 7.56. The van der Waals surface area contributed by atoms with E-state index in [0.29, 0.717) is 33.4 Å². The summed E-state index contributed by atoms with van der Waals surface area (Å²) in [7, 11) is 0. The highest BCUT2D eigenvalue weighted by atomic mass is 16.4. The average molecular weight is 386 g/mol. The van der Waals surface area contributed by atoms with E-state index in [0.717, 1.165) is 0 Å². The Bertz CT molecular complexity index is 875. The third kappa shape index (κ3) is 3.81. The molecule has 6 nitrogen and oxygen atoms in total. The van der Waals surface area contributed by atoms with Gasteiger partial charge in [0, 0.05) is 24.8 Å². The Morgan fingerprint density at radius 1 is 0.964 bits per heavy atom. The van der Waals surface area contributed by atoms with Gasteiger partial charge < -0.3 is 5.11 Å². The minimum absolute atomic E-state index is 0.0384. The van der Waals surface area contributed by atoms with Crippen molar-refractivity contribution in [3.63, 3.8) is 0 Å². The molecule has 1 fully saturated rings. The lowest BCUT2D eigenvalue weighted by Gasteiger charge is -2.30. The molecule has 0 unspecified atom stereocenters. The molecule has 0 bridgehead atoms. The first-order valence-corrected chi connectivity index (χ1v) is 9.44. The Labute approximate surface area is 164 Å². The number of carboxylic acid groups (broad SMARTS) is 1. The van der Waals surface area contributed by atoms with Gasteiger partial charge in [-0.2, -0.15) is 0 Å². The zero-order chi connectivity index (χ0) is 21.3. The molecule has 1 aliphatic rings. The van der Waals surface area contributed by atoms with E-state index in [-0.39, 0.29) is 37.2 Å². The average Bonchev–Trinajstić information content (AvgIpc) is 2.57. The van der Waals surface area contributed by atoms with Crippen molar-refractivity contribution < 1.29 is 29.1 Å². The Kier molecular flexibility index (Phi) is 6.32. The summed E-state index contributed by atoms with van der Waals surface area (Å²) in [5, 5.41) is 9.29. The van der Waals surface area contributed by atoms with Gasteiger partial charge in [0.05, 0.1) is 6.42 Å². The molecule has 0 spiro atoms. The van der Waals surface area contributed by atoms with Crippen LogP contribution in [0.15, 0.2) is 0 Å². The van der Waals surface area contributed by atoms with Crippen LogP contribution >= 0.6 is 0 Å². The SMILES string of the molecule is CCC(=O)C1C(=O)CC(c2c(C)c(CC(=O)O)c(C)c(C(C)=O)c2C)CC1=O. The van der Waals surface area contributed by atoms with Crippen LogP contribution in [0.4, 0.5) is 0 Å². The van der Waals surface area contributed by atoms with Crippen LogP contribution in [0.25, 0.3) is 0 Å². The molecule has 2 rings (SSSR count). The summed E-state index contributed by atoms with van der Waals surface area (Å²) in [4.78, 5) is 60.7. The zero-order valence-corrected chi connectivity index (χ0v) is 17.0. The standard InChI is InChI=1S/C22H26O6/c1-6-16(24)22-17(25)7-14(8-18(22)26)21-11(3)15(9-19(27)28)10(2)20(12(21)4)13(5)23/h14,22H,6-9H2,1-5H3,(H,27,28). The van der Waals surface area contributed by atoms with E-state index in [4.69, 9.17) is 0 Å². The molecule has 0 atom stereocenters. The lowest BCUT2D eigenvalue weighted by Crippen LogP contribution is -2.38. The van der Waals surface area contributed by atoms with Crippen LogP contribution in [0.3, 0.4) is 0 Å². The Hall–Kier alpha value is -2.63. The highest BCUT2D eigenvalue weighted by molar-refractivity contribution is 6.21. The van der Waals surface area contributed by atoms with Gasteiger partial charge in [-0.05, 0) is 61.4 Å². The number of Topliss-reactive ketones (excluding diaryl/α,β-unsaturated/α-hetero) is 4. The van der Waals surface area contributed by atoms with Gasteiger partial charge in [-0.1, -0.05) is 6.92 Å². The summed E-state index contributed by atoms with van der Waals surface area (Å²) in [5.74, 6) is -3.98. The van der Waals surface area contributed by atoms with Crippen LogP contribution in [0.1, 0.15) is 77.2 Å². The van der Waals surface area contributed by atoms with Gasteiger partial charge in [-0.25, -0.2) is 0 Å². The fourth-order valence-electron chi connectivity index (χ4n) is 4.59. The molecule has 150 valence electrons. The van der Waals surface area contributed by atoms with E-state index in [1.165, 1.54) is 6.92 Å². The number of ketones is 4. The van der Waals surface area contributed by atoms with E-state index < -0.39 is 29.4 Å². The fraction of sp³-hybridized carbons (Fsp3) is 0.500. The summed E-state index contributed by atoms with van der Waals surface area (Å²) in [6.45, 7) is 8.32. The maximum absolute atomic E-state index is 12.6. The topological polar surface area (TPSA) is 106 Å². The monoisotopic (exact) mass is 386 g/mol. The first-order chi connectivity index (χ1) is 13.0. The number of carbonyl (C=O) groups excluding carboxylic acids is 4. The number of aliphatic carboxylic acids is 1. The van der Waals surface area contributed by atoms with E-state index in [1.807, 2.05) is 0 Å². The number of carboxylic acids is 1. The van der Waals surface area contributed by atoms with Gasteiger partial charge in [-0.15, -0.1) is 0 Å². The largest absolute Gasteiger partial charge is 0.481 e. The molecule has 0 aliphatic heterocycles. The molecule has 1 N–H and O–H groups in total. The van der Waals surface area contributed by atoms with E-state index in [2.05, 4.69) is 0 Å². The zero-order valence-electron chi connectivity index (χ0n) is 17.0. The van der Waals surface area contributed by atoms with E-state index in [1.54, 1.807) is 27.7 Å². The summed E-state index contributed by atoms with van der Waals surface area (Å²) in [6.07, 6.45) is -0.0308. The van der Waals surface area contributed by atoms with Gasteiger partial charge in [0.25, 0.3) is 0 Å². The normalized spacial score (nSPS) is 19.6. The lowest BCUT2D eigenvalue weighted by atomic mass is 9.71. The summed E-state index contributed by atoms with van der Waals surface area (Å²) in [5.41, 5.74) is 3.70. The van der Waals surface area contributed by atoms with Gasteiger partial charge in [0.15, 0.2) is 23.1 Å². The third-order valence-corrected chi connectivity index (χ3v) is 5.76. The van der Waals surface area contributed by atoms with Crippen LogP contribution in [-0.2, 0) is 25.6 Å². The molecule has 1 saturated carbocycles. The number of hydrogen-bond donors (Lipinski definition) is 1. The number of benzene rings is 1. The lowest BCUT2D eigenvalue weighted by molar-refractivity contribution is -0.142. The second-order valence-electron chi connectivity index (χ2n) is 7.56. The Morgan fingerprint density at radius 2 is 1.50 bits per heavy atom. The van der Waals surface area contributed by atoms with Crippen molar-refractivity contribution >= 4 is 29.1 Å². The van der Waals surface area contributed by atoms with Gasteiger partial charge in [0.1, 0.15) is 5.92 Å². The molecule has 0 amide bonds. The van der Waals surface area contributed by atoms with Crippen molar-refractivity contribution in [2.24, 2.45) is 5.92 Å². The molecule has 0 aromatic heterocycles. The first kappa shape index (κ1) is 21.7. The molecular formula is C22H26O6. The smallest absolute Gasteiger partial charge is 0.307 e. The van der Waals surface area contributed by atoms with Crippen molar-refractivity contribution in [1.29, 1.82) is 0 Å². The molecule has 1 aromatic rings. The molecule has 0 radical (unpaired) electrons. The minimum atomic E-state index is -1.18. The predicted octanol–water partition coefficient (Wildman–Crippen LogP) is 3.05. The maximum atomic E-state index is 12.6. The first-order valence-electron chi connectivity index (χ1n) is 9.44. The molecule has 1 aromatic carbocycles. The van der Waals surface area contributed by atoms with Crippen molar-refractivity contribution in [3.05, 3.63) is 33.4 Å². The third-order valence-electron chi connectivity index (χ3n) is 5.76. The molecule has 6 heteroatoms. The van der Waals surface area contributed by atoms with Gasteiger partial charge in [-0.3, -0.25) is 24.0 Å². The van der Waals surface area contributed by atoms with Crippen LogP contribution in [-0.4, -0.2) is 34.2 Å². The van der Waals surface area contributed by atoms with Crippen molar-refractivity contribution in [2.45, 2.75) is 66.2 Å². The van der Waals surface area contributed by atoms with Crippen LogP contribution in [0.2, 0.25) is 0 Å². The number of rotatable bonds is 6. The molecular weight excluding hydrogens is 360 g/mol. The van der Waals surface area contributed by atoms with Crippen molar-refractivity contribution in [1.82, 2.24) is 0 Å². The van der Waals surface area contributed by atoms with Crippen LogP contribution in [0.5, 0.6) is 0 Å². The van der Waals surface area contributed by atoms with E-state index >= 15 is 0 Å². The highest BCUT2D eigenvalue weighted by Crippen LogP contribution is 2.39. The van der Waals surface area contributed by atoms with Gasteiger partial charge >= 0.3 is 5.97 Å². The summed E-state index contributed by atoms with van der Waals surface area (Å²) in [6, 6.07) is 0. The summed E-state index contributed by atoms with van der Waals surface area (Å²) < 4.78 is 0. The van der Waals surface area contributed by atoms with E-state index in [9.17, 15) is 29.1 Å². The quantitative estimate of drug-likeness (QED) is 0.595. The van der Waals surface area contributed by atoms with Crippen LogP contribution < -0.4 is 0 Å². The maximum Gasteiger partial charge on any atom is 0.307 e. The Balaban J connectivity index is 2.63. The van der Waals surface area contributed by atoms with Gasteiger partial charge in [0.2, 0.25) is 0 Å². The molecule has 0 saturated heterocycles. The molecule has 28 heavy (non-hydrogen) atoms. The minimum Gasteiger partial charge on any atom is -0.481 e. The number of carbonyl (C=O) groups is 5. The molecule has 1 aliphatic carbocycles. The fourth-order valence-corrected chi connectivity index (χ4v) is 4.59. The molecule has 0 heterocycles.